The summed E-state index contributed by atoms with van der Waals surface area (Å²) in [5.74, 6) is 0. The lowest BCUT2D eigenvalue weighted by Gasteiger charge is -2.17. The van der Waals surface area contributed by atoms with Gasteiger partial charge < -0.3 is 0 Å². The number of nitrogens with zero attached hydrogens (tertiary/aromatic N) is 1. The highest BCUT2D eigenvalue weighted by molar-refractivity contribution is 9.09. The van der Waals surface area contributed by atoms with Crippen molar-refractivity contribution in [3.05, 3.63) is 0 Å². The molecule has 0 saturated heterocycles. The average molecular weight is 503 g/mol. The topological polar surface area (TPSA) is 3.24 Å². The van der Waals surface area contributed by atoms with Crippen LogP contribution < -0.4 is 0 Å². The molecule has 0 spiro atoms. The normalized spacial score (nSPS) is 12.7. The minimum atomic E-state index is 0.562. The molecule has 0 rings (SSSR count). The first-order valence-electron chi connectivity index (χ1n) is 14.5. The van der Waals surface area contributed by atoms with Crippen LogP contribution in [0, 0.1) is 0 Å². The van der Waals surface area contributed by atoms with Gasteiger partial charge in [-0.15, -0.1) is 0 Å². The van der Waals surface area contributed by atoms with Crippen molar-refractivity contribution in [1.29, 1.82) is 0 Å². The largest absolute Gasteiger partial charge is 0.297 e. The van der Waals surface area contributed by atoms with E-state index in [-0.39, 0.29) is 0 Å². The second kappa shape index (κ2) is 26.7. The molecule has 0 aliphatic carbocycles. The Hall–Kier alpha value is 0.440. The summed E-state index contributed by atoms with van der Waals surface area (Å²) in [6, 6.07) is 0. The summed E-state index contributed by atoms with van der Waals surface area (Å²) in [4.78, 5) is 2.82. The van der Waals surface area contributed by atoms with Crippen molar-refractivity contribution >= 4 is 15.9 Å². The van der Waals surface area contributed by atoms with E-state index in [1.54, 1.807) is 0 Å². The lowest BCUT2D eigenvalue weighted by Crippen LogP contribution is -2.21. The second-order valence-electron chi connectivity index (χ2n) is 10.3. The van der Waals surface area contributed by atoms with E-state index in [1.165, 1.54) is 161 Å². The summed E-state index contributed by atoms with van der Waals surface area (Å²) in [5, 5.41) is 0. The third kappa shape index (κ3) is 26.6. The Bertz CT molecular complexity index is 318. The maximum atomic E-state index is 3.73. The van der Waals surface area contributed by atoms with Gasteiger partial charge in [-0.05, 0) is 20.5 Å². The van der Waals surface area contributed by atoms with Crippen LogP contribution in [-0.4, -0.2) is 23.9 Å². The summed E-state index contributed by atoms with van der Waals surface area (Å²) >= 11 is 3.73. The Labute approximate surface area is 207 Å². The third-order valence-corrected chi connectivity index (χ3v) is 8.13. The highest BCUT2D eigenvalue weighted by atomic mass is 79.9. The molecule has 1 unspecified atom stereocenters. The SMILES string of the molecule is CCCCCCCCCCCCCCCCCCCCCCCCCCC(Br)N(C)C. The number of hydrogen-bond donors (Lipinski definition) is 0. The van der Waals surface area contributed by atoms with Crippen molar-refractivity contribution < 1.29 is 0 Å². The van der Waals surface area contributed by atoms with Crippen LogP contribution in [0.3, 0.4) is 0 Å². The molecule has 31 heavy (non-hydrogen) atoms. The van der Waals surface area contributed by atoms with E-state index >= 15 is 0 Å². The zero-order chi connectivity index (χ0) is 22.8. The monoisotopic (exact) mass is 501 g/mol. The molecule has 0 bridgehead atoms. The van der Waals surface area contributed by atoms with Crippen molar-refractivity contribution in [3.8, 4) is 0 Å². The van der Waals surface area contributed by atoms with Gasteiger partial charge in [-0.3, -0.25) is 4.90 Å². The Balaban J connectivity index is 3.04. The maximum Gasteiger partial charge on any atom is 0.0650 e. The van der Waals surface area contributed by atoms with Crippen LogP contribution in [0.2, 0.25) is 0 Å². The van der Waals surface area contributed by atoms with E-state index < -0.39 is 0 Å². The molecular weight excluding hydrogens is 442 g/mol. The van der Waals surface area contributed by atoms with Crippen LogP contribution in [0.1, 0.15) is 167 Å². The highest BCUT2D eigenvalue weighted by Gasteiger charge is 2.04. The highest BCUT2D eigenvalue weighted by Crippen LogP contribution is 2.17. The smallest absolute Gasteiger partial charge is 0.0650 e. The van der Waals surface area contributed by atoms with Crippen LogP contribution in [0.4, 0.5) is 0 Å². The van der Waals surface area contributed by atoms with Crippen LogP contribution in [0.5, 0.6) is 0 Å². The Kier molecular flexibility index (Phi) is 27.1. The summed E-state index contributed by atoms with van der Waals surface area (Å²) in [5.41, 5.74) is 0. The van der Waals surface area contributed by atoms with Gasteiger partial charge in [0, 0.05) is 0 Å². The molecule has 0 aromatic rings. The fraction of sp³-hybridized carbons (Fsp3) is 1.00. The zero-order valence-electron chi connectivity index (χ0n) is 22.1. The zero-order valence-corrected chi connectivity index (χ0v) is 23.7. The molecule has 0 amide bonds. The second-order valence-corrected chi connectivity index (χ2v) is 11.4. The van der Waals surface area contributed by atoms with Crippen LogP contribution in [0.25, 0.3) is 0 Å². The van der Waals surface area contributed by atoms with Gasteiger partial charge in [0.05, 0.1) is 4.95 Å². The van der Waals surface area contributed by atoms with E-state index in [9.17, 15) is 0 Å². The van der Waals surface area contributed by atoms with E-state index in [4.69, 9.17) is 0 Å². The average Bonchev–Trinajstić information content (AvgIpc) is 2.76. The van der Waals surface area contributed by atoms with E-state index in [1.807, 2.05) is 0 Å². The molecular formula is C29H60BrN. The summed E-state index contributed by atoms with van der Waals surface area (Å²) in [6.07, 6.45) is 36.4. The lowest BCUT2D eigenvalue weighted by atomic mass is 10.0. The maximum absolute atomic E-state index is 3.73. The van der Waals surface area contributed by atoms with E-state index in [0.29, 0.717) is 4.95 Å². The minimum absolute atomic E-state index is 0.562. The van der Waals surface area contributed by atoms with Crippen molar-refractivity contribution in [1.82, 2.24) is 4.90 Å². The molecule has 188 valence electrons. The van der Waals surface area contributed by atoms with Gasteiger partial charge in [-0.1, -0.05) is 177 Å². The van der Waals surface area contributed by atoms with E-state index in [2.05, 4.69) is 41.8 Å². The van der Waals surface area contributed by atoms with Gasteiger partial charge in [0.2, 0.25) is 0 Å². The van der Waals surface area contributed by atoms with Crippen molar-refractivity contribution in [2.75, 3.05) is 14.1 Å². The standard InChI is InChI=1S/C29H60BrN/c1-4-5-6-7-8-9-10-11-12-13-14-15-16-17-18-19-20-21-22-23-24-25-26-27-28-29(30)31(2)3/h29H,4-28H2,1-3H3. The molecule has 0 aliphatic rings. The van der Waals surface area contributed by atoms with Crippen molar-refractivity contribution in [2.24, 2.45) is 0 Å². The number of unbranched alkanes of at least 4 members (excludes halogenated alkanes) is 23. The van der Waals surface area contributed by atoms with Gasteiger partial charge in [0.25, 0.3) is 0 Å². The predicted octanol–water partition coefficient (Wildman–Crippen LogP) is 11.0. The molecule has 0 saturated carbocycles. The number of hydrogen-bond acceptors (Lipinski definition) is 1. The van der Waals surface area contributed by atoms with Gasteiger partial charge in [-0.2, -0.15) is 0 Å². The fourth-order valence-electron chi connectivity index (χ4n) is 4.53. The number of halogens is 1. The van der Waals surface area contributed by atoms with Gasteiger partial charge in [0.1, 0.15) is 0 Å². The molecule has 0 aromatic heterocycles. The minimum Gasteiger partial charge on any atom is -0.297 e. The molecule has 1 atom stereocenters. The molecule has 0 aliphatic heterocycles. The van der Waals surface area contributed by atoms with Crippen LogP contribution in [-0.2, 0) is 0 Å². The predicted molar refractivity (Wildman–Crippen MR) is 148 cm³/mol. The number of alkyl halides is 1. The summed E-state index contributed by atoms with van der Waals surface area (Å²) < 4.78 is 0. The number of rotatable bonds is 26. The van der Waals surface area contributed by atoms with Gasteiger partial charge in [0.15, 0.2) is 0 Å². The quantitative estimate of drug-likeness (QED) is 0.0646. The van der Waals surface area contributed by atoms with Gasteiger partial charge in [-0.25, -0.2) is 0 Å². The van der Waals surface area contributed by atoms with E-state index in [0.717, 1.165) is 0 Å². The lowest BCUT2D eigenvalue weighted by molar-refractivity contribution is 0.363. The fourth-order valence-corrected chi connectivity index (χ4v) is 4.86. The summed E-state index contributed by atoms with van der Waals surface area (Å²) in [6.45, 7) is 2.30. The molecule has 2 heteroatoms. The first-order chi connectivity index (χ1) is 15.2. The van der Waals surface area contributed by atoms with Crippen molar-refractivity contribution in [3.63, 3.8) is 0 Å². The van der Waals surface area contributed by atoms with Crippen LogP contribution >= 0.6 is 15.9 Å². The molecule has 0 radical (unpaired) electrons. The third-order valence-electron chi connectivity index (χ3n) is 6.86. The van der Waals surface area contributed by atoms with Crippen molar-refractivity contribution in [2.45, 2.75) is 172 Å². The molecule has 0 N–H and O–H groups in total. The Morgan fingerprint density at radius 2 is 0.645 bits per heavy atom. The molecule has 0 aromatic carbocycles. The molecule has 0 fully saturated rings. The molecule has 0 heterocycles. The van der Waals surface area contributed by atoms with Crippen LogP contribution in [0.15, 0.2) is 0 Å². The van der Waals surface area contributed by atoms with Gasteiger partial charge >= 0.3 is 0 Å². The molecule has 1 nitrogen and oxygen atoms in total. The Morgan fingerprint density at radius 1 is 0.419 bits per heavy atom. The first-order valence-corrected chi connectivity index (χ1v) is 15.4. The summed E-state index contributed by atoms with van der Waals surface area (Å²) in [7, 11) is 4.30. The first kappa shape index (κ1) is 31.4. The Morgan fingerprint density at radius 3 is 0.871 bits per heavy atom.